The van der Waals surface area contributed by atoms with Crippen molar-refractivity contribution >= 4 is 28.6 Å². The Hall–Kier alpha value is -2.59. The van der Waals surface area contributed by atoms with E-state index in [1.165, 1.54) is 0 Å². The summed E-state index contributed by atoms with van der Waals surface area (Å²) in [5.41, 5.74) is 3.00. The number of allylic oxidation sites excluding steroid dienone is 1. The van der Waals surface area contributed by atoms with E-state index in [1.807, 2.05) is 6.07 Å². The molecule has 2 aromatic heterocycles. The second-order valence-corrected chi connectivity index (χ2v) is 5.24. The lowest BCUT2D eigenvalue weighted by molar-refractivity contribution is 0.0687. The molecule has 1 aromatic carbocycles. The van der Waals surface area contributed by atoms with Gasteiger partial charge in [-0.05, 0) is 29.8 Å². The maximum Gasteiger partial charge on any atom is 0.353 e. The third-order valence-corrected chi connectivity index (χ3v) is 3.72. The molecule has 0 aliphatic rings. The third kappa shape index (κ3) is 2.27. The number of carboxylic acids is 1. The maximum absolute atomic E-state index is 11.8. The average Bonchev–Trinajstić information content (AvgIpc) is 2.84. The molecule has 0 saturated carbocycles. The van der Waals surface area contributed by atoms with E-state index in [0.29, 0.717) is 22.6 Å². The van der Waals surface area contributed by atoms with E-state index >= 15 is 0 Å². The number of aromatic nitrogens is 2. The van der Waals surface area contributed by atoms with Crippen molar-refractivity contribution in [1.29, 1.82) is 0 Å². The van der Waals surface area contributed by atoms with Crippen LogP contribution >= 0.6 is 11.6 Å². The smallest absolute Gasteiger partial charge is 0.353 e. The minimum atomic E-state index is -0.996. The van der Waals surface area contributed by atoms with E-state index in [2.05, 4.69) is 11.6 Å². The van der Waals surface area contributed by atoms with Crippen LogP contribution in [0.2, 0.25) is 5.02 Å². The summed E-state index contributed by atoms with van der Waals surface area (Å²) in [4.78, 5) is 16.2. The summed E-state index contributed by atoms with van der Waals surface area (Å²) in [5, 5.41) is 10.3. The number of hydrogen-bond donors (Lipinski definition) is 1. The molecule has 3 aromatic rings. The number of fused-ring (bicyclic) bond motifs is 1. The van der Waals surface area contributed by atoms with Crippen LogP contribution in [0.3, 0.4) is 0 Å². The summed E-state index contributed by atoms with van der Waals surface area (Å²) in [6, 6.07) is 10.7. The second-order valence-electron chi connectivity index (χ2n) is 4.81. The van der Waals surface area contributed by atoms with Crippen molar-refractivity contribution in [2.75, 3.05) is 0 Å². The molecular weight excluding hydrogens is 300 g/mol. The van der Waals surface area contributed by atoms with Gasteiger partial charge in [0.25, 0.3) is 0 Å². The SMILES string of the molecule is C=CCn1c(C(=O)O)c(-c2ccc(Cl)cc2)c2ncccc21. The fourth-order valence-electron chi connectivity index (χ4n) is 2.61. The monoisotopic (exact) mass is 312 g/mol. The quantitative estimate of drug-likeness (QED) is 0.733. The first-order chi connectivity index (χ1) is 10.6. The van der Waals surface area contributed by atoms with E-state index in [0.717, 1.165) is 11.1 Å². The Bertz CT molecular complexity index is 866. The van der Waals surface area contributed by atoms with Gasteiger partial charge in [0.15, 0.2) is 0 Å². The lowest BCUT2D eigenvalue weighted by Crippen LogP contribution is -2.08. The number of rotatable bonds is 4. The molecule has 0 aliphatic heterocycles. The number of hydrogen-bond acceptors (Lipinski definition) is 2. The summed E-state index contributed by atoms with van der Waals surface area (Å²) in [5.74, 6) is -0.996. The molecule has 0 unspecified atom stereocenters. The number of carboxylic acid groups (broad SMARTS) is 1. The van der Waals surface area contributed by atoms with Crippen LogP contribution in [0, 0.1) is 0 Å². The Kier molecular flexibility index (Phi) is 3.69. The first-order valence-corrected chi connectivity index (χ1v) is 7.08. The standard InChI is InChI=1S/C17H13ClN2O2/c1-2-10-20-13-4-3-9-19-15(13)14(16(20)17(21)22)11-5-7-12(18)8-6-11/h2-9H,1,10H2,(H,21,22). The molecule has 110 valence electrons. The Morgan fingerprint density at radius 3 is 2.68 bits per heavy atom. The molecule has 0 radical (unpaired) electrons. The molecule has 0 fully saturated rings. The summed E-state index contributed by atoms with van der Waals surface area (Å²) < 4.78 is 1.71. The highest BCUT2D eigenvalue weighted by Gasteiger charge is 2.23. The topological polar surface area (TPSA) is 55.1 Å². The van der Waals surface area contributed by atoms with Gasteiger partial charge in [-0.15, -0.1) is 6.58 Å². The molecule has 0 saturated heterocycles. The fourth-order valence-corrected chi connectivity index (χ4v) is 2.73. The van der Waals surface area contributed by atoms with Gasteiger partial charge in [0.1, 0.15) is 5.69 Å². The van der Waals surface area contributed by atoms with Gasteiger partial charge in [-0.1, -0.05) is 29.8 Å². The highest BCUT2D eigenvalue weighted by Crippen LogP contribution is 2.34. The molecule has 2 heterocycles. The minimum absolute atomic E-state index is 0.205. The molecule has 0 bridgehead atoms. The van der Waals surface area contributed by atoms with Crippen LogP contribution in [-0.2, 0) is 6.54 Å². The predicted molar refractivity (Wildman–Crippen MR) is 87.3 cm³/mol. The molecule has 4 nitrogen and oxygen atoms in total. The summed E-state index contributed by atoms with van der Waals surface area (Å²) in [7, 11) is 0. The van der Waals surface area contributed by atoms with Crippen LogP contribution < -0.4 is 0 Å². The Morgan fingerprint density at radius 1 is 1.32 bits per heavy atom. The van der Waals surface area contributed by atoms with Crippen molar-refractivity contribution in [3.8, 4) is 11.1 Å². The zero-order valence-corrected chi connectivity index (χ0v) is 12.4. The maximum atomic E-state index is 11.8. The highest BCUT2D eigenvalue weighted by atomic mass is 35.5. The van der Waals surface area contributed by atoms with Crippen molar-refractivity contribution in [3.05, 3.63) is 66.0 Å². The van der Waals surface area contributed by atoms with Crippen LogP contribution in [0.15, 0.2) is 55.3 Å². The lowest BCUT2D eigenvalue weighted by atomic mass is 10.0. The fraction of sp³-hybridized carbons (Fsp3) is 0.0588. The zero-order chi connectivity index (χ0) is 15.7. The Labute approximate surface area is 132 Å². The van der Waals surface area contributed by atoms with E-state index in [1.54, 1.807) is 47.2 Å². The number of benzene rings is 1. The summed E-state index contributed by atoms with van der Waals surface area (Å²) >= 11 is 5.92. The van der Waals surface area contributed by atoms with Gasteiger partial charge in [0.05, 0.1) is 11.0 Å². The Morgan fingerprint density at radius 2 is 2.05 bits per heavy atom. The summed E-state index contributed by atoms with van der Waals surface area (Å²) in [6.07, 6.45) is 3.33. The van der Waals surface area contributed by atoms with Crippen LogP contribution in [0.5, 0.6) is 0 Å². The minimum Gasteiger partial charge on any atom is -0.477 e. The molecule has 0 atom stereocenters. The number of aromatic carboxylic acids is 1. The average molecular weight is 313 g/mol. The summed E-state index contributed by atoms with van der Waals surface area (Å²) in [6.45, 7) is 4.11. The predicted octanol–water partition coefficient (Wildman–Crippen LogP) is 4.24. The van der Waals surface area contributed by atoms with Gasteiger partial charge in [0.2, 0.25) is 0 Å². The van der Waals surface area contributed by atoms with Gasteiger partial charge < -0.3 is 9.67 Å². The normalized spacial score (nSPS) is 10.8. The number of nitrogens with zero attached hydrogens (tertiary/aromatic N) is 2. The van der Waals surface area contributed by atoms with Gasteiger partial charge in [-0.25, -0.2) is 4.79 Å². The Balaban J connectivity index is 2.41. The number of pyridine rings is 1. The van der Waals surface area contributed by atoms with Crippen LogP contribution in [-0.4, -0.2) is 20.6 Å². The first-order valence-electron chi connectivity index (χ1n) is 6.71. The van der Waals surface area contributed by atoms with E-state index in [4.69, 9.17) is 11.6 Å². The molecule has 0 spiro atoms. The molecule has 0 amide bonds. The number of carbonyl (C=O) groups is 1. The van der Waals surface area contributed by atoms with E-state index in [9.17, 15) is 9.90 Å². The third-order valence-electron chi connectivity index (χ3n) is 3.47. The molecule has 22 heavy (non-hydrogen) atoms. The van der Waals surface area contributed by atoms with Crippen LogP contribution in [0.4, 0.5) is 0 Å². The van der Waals surface area contributed by atoms with E-state index < -0.39 is 5.97 Å². The van der Waals surface area contributed by atoms with Gasteiger partial charge >= 0.3 is 5.97 Å². The molecule has 5 heteroatoms. The van der Waals surface area contributed by atoms with Crippen molar-refractivity contribution in [1.82, 2.24) is 9.55 Å². The molecule has 3 rings (SSSR count). The van der Waals surface area contributed by atoms with Crippen molar-refractivity contribution < 1.29 is 9.90 Å². The van der Waals surface area contributed by atoms with Gasteiger partial charge in [0, 0.05) is 23.3 Å². The zero-order valence-electron chi connectivity index (χ0n) is 11.7. The molecule has 0 aliphatic carbocycles. The largest absolute Gasteiger partial charge is 0.477 e. The molecular formula is C17H13ClN2O2. The van der Waals surface area contributed by atoms with E-state index in [-0.39, 0.29) is 5.69 Å². The van der Waals surface area contributed by atoms with Crippen molar-refractivity contribution in [3.63, 3.8) is 0 Å². The second kappa shape index (κ2) is 5.66. The van der Waals surface area contributed by atoms with Crippen molar-refractivity contribution in [2.24, 2.45) is 0 Å². The van der Waals surface area contributed by atoms with Crippen LogP contribution in [0.25, 0.3) is 22.2 Å². The van der Waals surface area contributed by atoms with Gasteiger partial charge in [-0.3, -0.25) is 4.98 Å². The lowest BCUT2D eigenvalue weighted by Gasteiger charge is -2.06. The van der Waals surface area contributed by atoms with Gasteiger partial charge in [-0.2, -0.15) is 0 Å². The molecule has 1 N–H and O–H groups in total. The van der Waals surface area contributed by atoms with Crippen molar-refractivity contribution in [2.45, 2.75) is 6.54 Å². The number of halogens is 1. The highest BCUT2D eigenvalue weighted by molar-refractivity contribution is 6.30. The van der Waals surface area contributed by atoms with Crippen LogP contribution in [0.1, 0.15) is 10.5 Å². The first kappa shape index (κ1) is 14.4.